The summed E-state index contributed by atoms with van der Waals surface area (Å²) in [7, 11) is 2.14. The van der Waals surface area contributed by atoms with E-state index in [-0.39, 0.29) is 6.04 Å². The summed E-state index contributed by atoms with van der Waals surface area (Å²) >= 11 is 0. The summed E-state index contributed by atoms with van der Waals surface area (Å²) in [4.78, 5) is 29.8. The van der Waals surface area contributed by atoms with Gasteiger partial charge in [0.1, 0.15) is 0 Å². The van der Waals surface area contributed by atoms with Crippen LogP contribution in [0.25, 0.3) is 0 Å². The van der Waals surface area contributed by atoms with E-state index < -0.39 is 11.8 Å². The Morgan fingerprint density at radius 3 is 2.30 bits per heavy atom. The molecule has 2 aliphatic heterocycles. The molecule has 0 radical (unpaired) electrons. The third-order valence-electron chi connectivity index (χ3n) is 6.92. The predicted molar refractivity (Wildman–Crippen MR) is 134 cm³/mol. The third-order valence-corrected chi connectivity index (χ3v) is 6.92. The number of anilines is 2. The number of hydrogen-bond donors (Lipinski definition) is 2. The van der Waals surface area contributed by atoms with Gasteiger partial charge in [0.15, 0.2) is 0 Å². The molecule has 2 N–H and O–H groups in total. The fraction of sp³-hybridized carbons (Fsp3) is 0.481. The molecule has 4 rings (SSSR count). The standard InChI is InChI=1S/C27H36N4O2/c1-19(2)20-8-11-23(12-9-20)29-27(33)26(32)28-18-25(31-15-4-5-16-31)22-10-13-24-21(17-22)7-6-14-30(24)3/h8-13,17,19,25H,4-7,14-16,18H2,1-3H3,(H,28,32)(H,29,33)/t25-/m1/s1. The summed E-state index contributed by atoms with van der Waals surface area (Å²) < 4.78 is 0. The Hall–Kier alpha value is -2.86. The zero-order valence-corrected chi connectivity index (χ0v) is 20.1. The van der Waals surface area contributed by atoms with Crippen LogP contribution in [0.4, 0.5) is 11.4 Å². The van der Waals surface area contributed by atoms with E-state index in [1.54, 1.807) is 0 Å². The summed E-state index contributed by atoms with van der Waals surface area (Å²) in [5.74, 6) is -0.797. The van der Waals surface area contributed by atoms with E-state index in [1.807, 2.05) is 24.3 Å². The average molecular weight is 449 g/mol. The van der Waals surface area contributed by atoms with Gasteiger partial charge in [0.05, 0.1) is 6.04 Å². The zero-order chi connectivity index (χ0) is 23.4. The average Bonchev–Trinajstić information content (AvgIpc) is 3.34. The maximum atomic E-state index is 12.6. The van der Waals surface area contributed by atoms with E-state index >= 15 is 0 Å². The predicted octanol–water partition coefficient (Wildman–Crippen LogP) is 4.08. The Balaban J connectivity index is 1.42. The number of hydrogen-bond acceptors (Lipinski definition) is 4. The maximum absolute atomic E-state index is 12.6. The molecule has 1 fully saturated rings. The van der Waals surface area contributed by atoms with Crippen molar-refractivity contribution >= 4 is 23.2 Å². The molecule has 2 aromatic rings. The number of fused-ring (bicyclic) bond motifs is 1. The molecule has 0 spiro atoms. The van der Waals surface area contributed by atoms with Crippen LogP contribution in [0.5, 0.6) is 0 Å². The van der Waals surface area contributed by atoms with Crippen molar-refractivity contribution in [3.63, 3.8) is 0 Å². The van der Waals surface area contributed by atoms with Crippen LogP contribution >= 0.6 is 0 Å². The Labute approximate surface area is 197 Å². The number of nitrogens with one attached hydrogen (secondary N) is 2. The first kappa shape index (κ1) is 23.3. The lowest BCUT2D eigenvalue weighted by molar-refractivity contribution is -0.136. The van der Waals surface area contributed by atoms with Gasteiger partial charge < -0.3 is 15.5 Å². The molecule has 1 saturated heterocycles. The molecule has 176 valence electrons. The molecular formula is C27H36N4O2. The van der Waals surface area contributed by atoms with Crippen LogP contribution < -0.4 is 15.5 Å². The molecule has 0 aromatic heterocycles. The summed E-state index contributed by atoms with van der Waals surface area (Å²) in [6.07, 6.45) is 4.59. The highest BCUT2D eigenvalue weighted by molar-refractivity contribution is 6.39. The molecule has 1 atom stereocenters. The van der Waals surface area contributed by atoms with E-state index in [4.69, 9.17) is 0 Å². The van der Waals surface area contributed by atoms with Gasteiger partial charge in [0.2, 0.25) is 0 Å². The first-order valence-corrected chi connectivity index (χ1v) is 12.2. The summed E-state index contributed by atoms with van der Waals surface area (Å²) in [6, 6.07) is 14.4. The van der Waals surface area contributed by atoms with Crippen LogP contribution in [0.15, 0.2) is 42.5 Å². The summed E-state index contributed by atoms with van der Waals surface area (Å²) in [5, 5.41) is 5.61. The highest BCUT2D eigenvalue weighted by Crippen LogP contribution is 2.31. The molecule has 2 aromatic carbocycles. The van der Waals surface area contributed by atoms with E-state index in [9.17, 15) is 9.59 Å². The van der Waals surface area contributed by atoms with E-state index in [2.05, 4.69) is 59.5 Å². The second kappa shape index (κ2) is 10.4. The molecule has 0 aliphatic carbocycles. The van der Waals surface area contributed by atoms with Gasteiger partial charge in [0.25, 0.3) is 0 Å². The van der Waals surface area contributed by atoms with E-state index in [0.717, 1.165) is 32.5 Å². The lowest BCUT2D eigenvalue weighted by Crippen LogP contribution is -2.41. The van der Waals surface area contributed by atoms with Gasteiger partial charge >= 0.3 is 11.8 Å². The minimum Gasteiger partial charge on any atom is -0.374 e. The van der Waals surface area contributed by atoms with Crippen molar-refractivity contribution in [3.8, 4) is 0 Å². The fourth-order valence-electron chi connectivity index (χ4n) is 4.93. The number of benzene rings is 2. The first-order chi connectivity index (χ1) is 15.9. The van der Waals surface area contributed by atoms with E-state index in [1.165, 1.54) is 35.2 Å². The monoisotopic (exact) mass is 448 g/mol. The van der Waals surface area contributed by atoms with Crippen molar-refractivity contribution in [3.05, 3.63) is 59.2 Å². The van der Waals surface area contributed by atoms with Crippen LogP contribution in [0.3, 0.4) is 0 Å². The number of carbonyl (C=O) groups excluding carboxylic acids is 2. The number of aryl methyl sites for hydroxylation is 1. The molecule has 2 amide bonds. The Morgan fingerprint density at radius 2 is 1.61 bits per heavy atom. The molecule has 2 heterocycles. The number of amides is 2. The zero-order valence-electron chi connectivity index (χ0n) is 20.1. The quantitative estimate of drug-likeness (QED) is 0.654. The summed E-state index contributed by atoms with van der Waals surface area (Å²) in [6.45, 7) is 7.80. The molecule has 6 heteroatoms. The van der Waals surface area contributed by atoms with Crippen molar-refractivity contribution in [2.45, 2.75) is 51.5 Å². The van der Waals surface area contributed by atoms with Crippen LogP contribution in [0, 0.1) is 0 Å². The van der Waals surface area contributed by atoms with Crippen molar-refractivity contribution in [1.82, 2.24) is 10.2 Å². The lowest BCUT2D eigenvalue weighted by Gasteiger charge is -2.31. The van der Waals surface area contributed by atoms with Crippen LogP contribution in [0.1, 0.15) is 61.8 Å². The first-order valence-electron chi connectivity index (χ1n) is 12.2. The highest BCUT2D eigenvalue weighted by Gasteiger charge is 2.26. The summed E-state index contributed by atoms with van der Waals surface area (Å²) in [5.41, 5.74) is 5.73. The van der Waals surface area contributed by atoms with Gasteiger partial charge in [-0.05, 0) is 79.6 Å². The minimum atomic E-state index is -0.625. The molecular weight excluding hydrogens is 412 g/mol. The Kier molecular flexibility index (Phi) is 7.33. The second-order valence-corrected chi connectivity index (χ2v) is 9.61. The third kappa shape index (κ3) is 5.56. The maximum Gasteiger partial charge on any atom is 0.313 e. The number of carbonyl (C=O) groups is 2. The smallest absolute Gasteiger partial charge is 0.313 e. The van der Waals surface area contributed by atoms with E-state index in [0.29, 0.717) is 18.2 Å². The van der Waals surface area contributed by atoms with Crippen molar-refractivity contribution in [2.24, 2.45) is 0 Å². The molecule has 6 nitrogen and oxygen atoms in total. The van der Waals surface area contributed by atoms with Crippen molar-refractivity contribution in [2.75, 3.05) is 43.4 Å². The molecule has 0 unspecified atom stereocenters. The van der Waals surface area contributed by atoms with Crippen LogP contribution in [0.2, 0.25) is 0 Å². The fourth-order valence-corrected chi connectivity index (χ4v) is 4.93. The van der Waals surface area contributed by atoms with Gasteiger partial charge in [-0.2, -0.15) is 0 Å². The normalized spacial score (nSPS) is 17.0. The Morgan fingerprint density at radius 1 is 0.909 bits per heavy atom. The van der Waals surface area contributed by atoms with Gasteiger partial charge in [-0.3, -0.25) is 14.5 Å². The molecule has 0 saturated carbocycles. The molecule has 33 heavy (non-hydrogen) atoms. The Bertz CT molecular complexity index is 980. The van der Waals surface area contributed by atoms with Crippen molar-refractivity contribution < 1.29 is 9.59 Å². The topological polar surface area (TPSA) is 64.7 Å². The largest absolute Gasteiger partial charge is 0.374 e. The molecule has 2 aliphatic rings. The molecule has 0 bridgehead atoms. The van der Waals surface area contributed by atoms with Gasteiger partial charge in [-0.25, -0.2) is 0 Å². The van der Waals surface area contributed by atoms with Gasteiger partial charge in [-0.1, -0.05) is 38.1 Å². The van der Waals surface area contributed by atoms with Crippen molar-refractivity contribution in [1.29, 1.82) is 0 Å². The van der Waals surface area contributed by atoms with Gasteiger partial charge in [-0.15, -0.1) is 0 Å². The van der Waals surface area contributed by atoms with Crippen LogP contribution in [-0.4, -0.2) is 49.9 Å². The number of rotatable bonds is 6. The number of nitrogens with zero attached hydrogens (tertiary/aromatic N) is 2. The van der Waals surface area contributed by atoms with Crippen LogP contribution in [-0.2, 0) is 16.0 Å². The SMILES string of the molecule is CC(C)c1ccc(NC(=O)C(=O)NC[C@H](c2ccc3c(c2)CCCN3C)N2CCCC2)cc1. The van der Waals surface area contributed by atoms with Gasteiger partial charge in [0, 0.05) is 31.5 Å². The highest BCUT2D eigenvalue weighted by atomic mass is 16.2. The minimum absolute atomic E-state index is 0.0760. The lowest BCUT2D eigenvalue weighted by atomic mass is 9.96. The second-order valence-electron chi connectivity index (χ2n) is 9.61. The number of likely N-dealkylation sites (tertiary alicyclic amines) is 1.